The number of likely N-dealkylation sites (tertiary alicyclic amines) is 1. The Bertz CT molecular complexity index is 637. The molecule has 1 amide bonds. The van der Waals surface area contributed by atoms with E-state index in [9.17, 15) is 9.18 Å². The number of hydrogen-bond acceptors (Lipinski definition) is 4. The number of piperidine rings is 1. The molecule has 1 heterocycles. The first-order valence-electron chi connectivity index (χ1n) is 8.84. The zero-order valence-electron chi connectivity index (χ0n) is 15.7. The summed E-state index contributed by atoms with van der Waals surface area (Å²) in [5.74, 6) is 0.238. The molecule has 0 saturated carbocycles. The van der Waals surface area contributed by atoms with Crippen LogP contribution >= 0.6 is 24.0 Å². The van der Waals surface area contributed by atoms with E-state index in [1.807, 2.05) is 0 Å². The SMILES string of the molecule is CCOC(=O)N1CCC(NC(=NC)NCc2ccc(F)c(CO)c2)CC1.I. The quantitative estimate of drug-likeness (QED) is 0.332. The lowest BCUT2D eigenvalue weighted by Crippen LogP contribution is -2.49. The minimum absolute atomic E-state index is 0. The number of nitrogens with zero attached hydrogens (tertiary/aromatic N) is 2. The maximum Gasteiger partial charge on any atom is 0.409 e. The third kappa shape index (κ3) is 7.13. The molecule has 0 unspecified atom stereocenters. The molecule has 0 radical (unpaired) electrons. The molecule has 0 aromatic heterocycles. The number of aliphatic hydroxyl groups is 1. The van der Waals surface area contributed by atoms with Crippen LogP contribution in [0.15, 0.2) is 23.2 Å². The Morgan fingerprint density at radius 2 is 2.11 bits per heavy atom. The fourth-order valence-corrected chi connectivity index (χ4v) is 2.85. The van der Waals surface area contributed by atoms with Gasteiger partial charge >= 0.3 is 6.09 Å². The van der Waals surface area contributed by atoms with Gasteiger partial charge in [0.2, 0.25) is 0 Å². The van der Waals surface area contributed by atoms with E-state index in [0.29, 0.717) is 32.2 Å². The Balaban J connectivity index is 0.00000364. The lowest BCUT2D eigenvalue weighted by atomic mass is 10.1. The Morgan fingerprint density at radius 1 is 1.41 bits per heavy atom. The molecule has 3 N–H and O–H groups in total. The van der Waals surface area contributed by atoms with Crippen molar-refractivity contribution in [3.8, 4) is 0 Å². The van der Waals surface area contributed by atoms with Crippen molar-refractivity contribution in [2.75, 3.05) is 26.7 Å². The number of amides is 1. The van der Waals surface area contributed by atoms with Crippen LogP contribution in [0.1, 0.15) is 30.9 Å². The summed E-state index contributed by atoms with van der Waals surface area (Å²) < 4.78 is 18.4. The first kappa shape index (κ1) is 23.4. The average Bonchev–Trinajstić information content (AvgIpc) is 2.66. The van der Waals surface area contributed by atoms with Crippen LogP contribution in [-0.2, 0) is 17.9 Å². The standard InChI is InChI=1S/C18H27FN4O3.HI/c1-3-26-18(25)23-8-6-15(7-9-23)22-17(20-2)21-11-13-4-5-16(19)14(10-13)12-24;/h4-5,10,15,24H,3,6-9,11-12H2,1-2H3,(H2,20,21,22);1H. The Kier molecular flexibility index (Phi) is 10.4. The van der Waals surface area contributed by atoms with Gasteiger partial charge in [0.15, 0.2) is 5.96 Å². The van der Waals surface area contributed by atoms with Gasteiger partial charge in [-0.25, -0.2) is 9.18 Å². The van der Waals surface area contributed by atoms with E-state index in [0.717, 1.165) is 18.4 Å². The van der Waals surface area contributed by atoms with Crippen molar-refractivity contribution in [1.82, 2.24) is 15.5 Å². The van der Waals surface area contributed by atoms with Crippen molar-refractivity contribution >= 4 is 36.0 Å². The summed E-state index contributed by atoms with van der Waals surface area (Å²) in [6, 6.07) is 4.87. The number of benzene rings is 1. The highest BCUT2D eigenvalue weighted by atomic mass is 127. The average molecular weight is 494 g/mol. The van der Waals surface area contributed by atoms with Gasteiger partial charge < -0.3 is 25.4 Å². The van der Waals surface area contributed by atoms with Gasteiger partial charge in [-0.3, -0.25) is 4.99 Å². The van der Waals surface area contributed by atoms with Gasteiger partial charge in [-0.15, -0.1) is 24.0 Å². The number of rotatable bonds is 5. The topological polar surface area (TPSA) is 86.2 Å². The minimum Gasteiger partial charge on any atom is -0.450 e. The van der Waals surface area contributed by atoms with Crippen LogP contribution in [0.3, 0.4) is 0 Å². The van der Waals surface area contributed by atoms with Gasteiger partial charge in [0, 0.05) is 38.3 Å². The van der Waals surface area contributed by atoms with E-state index in [1.54, 1.807) is 31.0 Å². The molecule has 0 aliphatic carbocycles. The number of carbonyl (C=O) groups excluding carboxylic acids is 1. The lowest BCUT2D eigenvalue weighted by Gasteiger charge is -2.32. The molecule has 1 aromatic carbocycles. The maximum atomic E-state index is 13.4. The Morgan fingerprint density at radius 3 is 2.70 bits per heavy atom. The zero-order valence-corrected chi connectivity index (χ0v) is 18.0. The van der Waals surface area contributed by atoms with Crippen molar-refractivity contribution in [1.29, 1.82) is 0 Å². The predicted octanol–water partition coefficient (Wildman–Crippen LogP) is 2.22. The third-order valence-corrected chi connectivity index (χ3v) is 4.33. The summed E-state index contributed by atoms with van der Waals surface area (Å²) in [6.45, 7) is 3.61. The number of nitrogens with one attached hydrogen (secondary N) is 2. The predicted molar refractivity (Wildman–Crippen MR) is 113 cm³/mol. The number of hydrogen-bond donors (Lipinski definition) is 3. The van der Waals surface area contributed by atoms with Crippen LogP contribution in [0.2, 0.25) is 0 Å². The monoisotopic (exact) mass is 494 g/mol. The van der Waals surface area contributed by atoms with Crippen molar-refractivity contribution < 1.29 is 19.0 Å². The Labute approximate surface area is 176 Å². The zero-order chi connectivity index (χ0) is 18.9. The van der Waals surface area contributed by atoms with Crippen LogP contribution in [0.5, 0.6) is 0 Å². The van der Waals surface area contributed by atoms with Crippen molar-refractivity contribution in [2.24, 2.45) is 4.99 Å². The molecular weight excluding hydrogens is 466 g/mol. The van der Waals surface area contributed by atoms with E-state index in [4.69, 9.17) is 9.84 Å². The molecule has 1 aliphatic heterocycles. The second-order valence-corrected chi connectivity index (χ2v) is 6.11. The molecule has 27 heavy (non-hydrogen) atoms. The highest BCUT2D eigenvalue weighted by Crippen LogP contribution is 2.12. The number of halogens is 2. The van der Waals surface area contributed by atoms with Crippen molar-refractivity contribution in [3.05, 3.63) is 35.1 Å². The van der Waals surface area contributed by atoms with Crippen LogP contribution < -0.4 is 10.6 Å². The lowest BCUT2D eigenvalue weighted by molar-refractivity contribution is 0.0963. The van der Waals surface area contributed by atoms with Crippen molar-refractivity contribution in [3.63, 3.8) is 0 Å². The van der Waals surface area contributed by atoms with Gasteiger partial charge in [-0.05, 0) is 37.5 Å². The fourth-order valence-electron chi connectivity index (χ4n) is 2.85. The molecule has 1 aromatic rings. The van der Waals surface area contributed by atoms with E-state index in [1.165, 1.54) is 6.07 Å². The van der Waals surface area contributed by atoms with E-state index in [-0.39, 0.29) is 48.3 Å². The summed E-state index contributed by atoms with van der Waals surface area (Å²) in [6.07, 6.45) is 1.36. The number of carbonyl (C=O) groups is 1. The third-order valence-electron chi connectivity index (χ3n) is 4.33. The van der Waals surface area contributed by atoms with Gasteiger partial charge in [-0.1, -0.05) is 6.07 Å². The number of aliphatic imine (C=N–C) groups is 1. The summed E-state index contributed by atoms with van der Waals surface area (Å²) in [5, 5.41) is 15.7. The van der Waals surface area contributed by atoms with Crippen LogP contribution in [0.25, 0.3) is 0 Å². The molecule has 0 atom stereocenters. The first-order valence-corrected chi connectivity index (χ1v) is 8.84. The Hall–Kier alpha value is -1.62. The van der Waals surface area contributed by atoms with E-state index < -0.39 is 5.82 Å². The molecule has 0 bridgehead atoms. The molecule has 1 saturated heterocycles. The van der Waals surface area contributed by atoms with E-state index in [2.05, 4.69) is 15.6 Å². The molecular formula is C18H28FIN4O3. The molecule has 1 fully saturated rings. The number of guanidine groups is 1. The molecule has 0 spiro atoms. The first-order chi connectivity index (χ1) is 12.6. The fraction of sp³-hybridized carbons (Fsp3) is 0.556. The second kappa shape index (κ2) is 12.0. The summed E-state index contributed by atoms with van der Waals surface area (Å²) in [5.41, 5.74) is 1.13. The summed E-state index contributed by atoms with van der Waals surface area (Å²) >= 11 is 0. The second-order valence-electron chi connectivity index (χ2n) is 6.11. The van der Waals surface area contributed by atoms with Crippen LogP contribution in [0.4, 0.5) is 9.18 Å². The number of aliphatic hydroxyl groups excluding tert-OH is 1. The molecule has 2 rings (SSSR count). The van der Waals surface area contributed by atoms with Crippen LogP contribution in [-0.4, -0.2) is 54.8 Å². The van der Waals surface area contributed by atoms with Gasteiger partial charge in [-0.2, -0.15) is 0 Å². The smallest absolute Gasteiger partial charge is 0.409 e. The molecule has 7 nitrogen and oxygen atoms in total. The minimum atomic E-state index is -0.410. The van der Waals surface area contributed by atoms with Gasteiger partial charge in [0.05, 0.1) is 13.2 Å². The summed E-state index contributed by atoms with van der Waals surface area (Å²) in [4.78, 5) is 17.6. The highest BCUT2D eigenvalue weighted by molar-refractivity contribution is 14.0. The summed E-state index contributed by atoms with van der Waals surface area (Å²) in [7, 11) is 1.69. The van der Waals surface area contributed by atoms with E-state index >= 15 is 0 Å². The molecule has 152 valence electrons. The van der Waals surface area contributed by atoms with Crippen molar-refractivity contribution in [2.45, 2.75) is 39.0 Å². The number of ether oxygens (including phenoxy) is 1. The normalized spacial score (nSPS) is 15.1. The maximum absolute atomic E-state index is 13.4. The molecule has 1 aliphatic rings. The van der Waals surface area contributed by atoms with Crippen LogP contribution in [0, 0.1) is 5.82 Å². The largest absolute Gasteiger partial charge is 0.450 e. The highest BCUT2D eigenvalue weighted by Gasteiger charge is 2.24. The molecule has 9 heteroatoms. The van der Waals surface area contributed by atoms with Gasteiger partial charge in [0.25, 0.3) is 0 Å². The van der Waals surface area contributed by atoms with Gasteiger partial charge in [0.1, 0.15) is 5.82 Å².